The SMILES string of the molecule is CC(C)(C)c1ccc(-n2nc3ccc(Br)cc3n2)cc1. The first-order chi connectivity index (χ1) is 9.43. The van der Waals surface area contributed by atoms with Gasteiger partial charge in [-0.05, 0) is 41.3 Å². The van der Waals surface area contributed by atoms with Crippen LogP contribution >= 0.6 is 15.9 Å². The Morgan fingerprint density at radius 3 is 2.20 bits per heavy atom. The van der Waals surface area contributed by atoms with E-state index in [1.54, 1.807) is 4.80 Å². The van der Waals surface area contributed by atoms with Crippen molar-refractivity contribution in [3.63, 3.8) is 0 Å². The van der Waals surface area contributed by atoms with Crippen LogP contribution in [0.2, 0.25) is 0 Å². The fraction of sp³-hybridized carbons (Fsp3) is 0.250. The molecule has 2 aromatic carbocycles. The van der Waals surface area contributed by atoms with Gasteiger partial charge in [-0.1, -0.05) is 48.8 Å². The minimum absolute atomic E-state index is 0.158. The highest BCUT2D eigenvalue weighted by Gasteiger charge is 2.13. The highest BCUT2D eigenvalue weighted by molar-refractivity contribution is 9.10. The van der Waals surface area contributed by atoms with Crippen LogP contribution in [0.5, 0.6) is 0 Å². The molecule has 0 radical (unpaired) electrons. The molecule has 0 atom stereocenters. The Bertz CT molecular complexity index is 751. The van der Waals surface area contributed by atoms with Crippen molar-refractivity contribution in [2.75, 3.05) is 0 Å². The maximum absolute atomic E-state index is 4.51. The van der Waals surface area contributed by atoms with Crippen LogP contribution in [0, 0.1) is 0 Å². The predicted octanol–water partition coefficient (Wildman–Crippen LogP) is 4.48. The molecule has 1 aromatic heterocycles. The number of rotatable bonds is 1. The molecule has 0 saturated carbocycles. The molecular formula is C16H16BrN3. The van der Waals surface area contributed by atoms with Gasteiger partial charge in [-0.25, -0.2) is 0 Å². The van der Waals surface area contributed by atoms with Gasteiger partial charge in [0, 0.05) is 4.47 Å². The topological polar surface area (TPSA) is 30.7 Å². The standard InChI is InChI=1S/C16H16BrN3/c1-16(2,3)11-4-7-13(8-5-11)20-18-14-9-6-12(17)10-15(14)19-20/h4-10H,1-3H3. The van der Waals surface area contributed by atoms with Gasteiger partial charge in [0.25, 0.3) is 0 Å². The molecule has 3 nitrogen and oxygen atoms in total. The second-order valence-electron chi connectivity index (χ2n) is 5.92. The number of hydrogen-bond acceptors (Lipinski definition) is 2. The molecule has 3 aromatic rings. The first-order valence-electron chi connectivity index (χ1n) is 6.57. The average Bonchev–Trinajstić information content (AvgIpc) is 2.80. The minimum atomic E-state index is 0.158. The molecule has 0 saturated heterocycles. The van der Waals surface area contributed by atoms with Crippen molar-refractivity contribution in [2.24, 2.45) is 0 Å². The third-order valence-electron chi connectivity index (χ3n) is 3.31. The molecule has 4 heteroatoms. The van der Waals surface area contributed by atoms with Gasteiger partial charge in [0.15, 0.2) is 0 Å². The van der Waals surface area contributed by atoms with Crippen molar-refractivity contribution in [1.82, 2.24) is 15.0 Å². The van der Waals surface area contributed by atoms with Gasteiger partial charge in [-0.3, -0.25) is 0 Å². The molecule has 0 aliphatic heterocycles. The van der Waals surface area contributed by atoms with E-state index in [0.717, 1.165) is 21.2 Å². The van der Waals surface area contributed by atoms with Gasteiger partial charge in [0.05, 0.1) is 5.69 Å². The molecule has 0 N–H and O–H groups in total. The number of halogens is 1. The normalized spacial score (nSPS) is 12.0. The van der Waals surface area contributed by atoms with Gasteiger partial charge in [0.2, 0.25) is 0 Å². The summed E-state index contributed by atoms with van der Waals surface area (Å²) < 4.78 is 1.01. The molecular weight excluding hydrogens is 314 g/mol. The Labute approximate surface area is 126 Å². The van der Waals surface area contributed by atoms with Gasteiger partial charge >= 0.3 is 0 Å². The van der Waals surface area contributed by atoms with Crippen molar-refractivity contribution in [3.8, 4) is 5.69 Å². The Hall–Kier alpha value is -1.68. The lowest BCUT2D eigenvalue weighted by Gasteiger charge is -2.18. The summed E-state index contributed by atoms with van der Waals surface area (Å²) in [5, 5.41) is 9.01. The third kappa shape index (κ3) is 2.48. The highest BCUT2D eigenvalue weighted by atomic mass is 79.9. The van der Waals surface area contributed by atoms with Crippen molar-refractivity contribution in [2.45, 2.75) is 26.2 Å². The van der Waals surface area contributed by atoms with Crippen LogP contribution in [0.25, 0.3) is 16.7 Å². The summed E-state index contributed by atoms with van der Waals surface area (Å²) in [6, 6.07) is 14.3. The van der Waals surface area contributed by atoms with E-state index in [4.69, 9.17) is 0 Å². The molecule has 0 spiro atoms. The molecule has 0 fully saturated rings. The quantitative estimate of drug-likeness (QED) is 0.659. The molecule has 20 heavy (non-hydrogen) atoms. The summed E-state index contributed by atoms with van der Waals surface area (Å²) in [7, 11) is 0. The Kier molecular flexibility index (Phi) is 3.13. The van der Waals surface area contributed by atoms with Crippen LogP contribution < -0.4 is 0 Å². The maximum atomic E-state index is 4.51. The fourth-order valence-electron chi connectivity index (χ4n) is 2.10. The molecule has 0 aliphatic rings. The highest BCUT2D eigenvalue weighted by Crippen LogP contribution is 2.23. The molecule has 102 valence electrons. The van der Waals surface area contributed by atoms with E-state index in [2.05, 4.69) is 71.2 Å². The number of fused-ring (bicyclic) bond motifs is 1. The molecule has 0 aliphatic carbocycles. The first-order valence-corrected chi connectivity index (χ1v) is 7.36. The van der Waals surface area contributed by atoms with Crippen molar-refractivity contribution >= 4 is 27.0 Å². The Morgan fingerprint density at radius 1 is 0.900 bits per heavy atom. The molecule has 0 amide bonds. The van der Waals surface area contributed by atoms with Gasteiger partial charge in [-0.2, -0.15) is 4.80 Å². The zero-order chi connectivity index (χ0) is 14.3. The van der Waals surface area contributed by atoms with Gasteiger partial charge in [-0.15, -0.1) is 10.2 Å². The second kappa shape index (κ2) is 4.70. The van der Waals surface area contributed by atoms with Crippen LogP contribution in [0.15, 0.2) is 46.9 Å². The Morgan fingerprint density at radius 2 is 1.55 bits per heavy atom. The smallest absolute Gasteiger partial charge is 0.114 e. The van der Waals surface area contributed by atoms with Gasteiger partial charge in [0.1, 0.15) is 11.0 Å². The number of nitrogens with zero attached hydrogens (tertiary/aromatic N) is 3. The summed E-state index contributed by atoms with van der Waals surface area (Å²) in [5.74, 6) is 0. The molecule has 1 heterocycles. The number of aromatic nitrogens is 3. The van der Waals surface area contributed by atoms with Crippen molar-refractivity contribution in [3.05, 3.63) is 52.5 Å². The Balaban J connectivity index is 2.02. The average molecular weight is 330 g/mol. The van der Waals surface area contributed by atoms with Crippen LogP contribution in [0.1, 0.15) is 26.3 Å². The van der Waals surface area contributed by atoms with Crippen LogP contribution in [-0.2, 0) is 5.41 Å². The van der Waals surface area contributed by atoms with E-state index in [1.807, 2.05) is 18.2 Å². The lowest BCUT2D eigenvalue weighted by atomic mass is 9.87. The van der Waals surface area contributed by atoms with E-state index in [0.29, 0.717) is 0 Å². The minimum Gasteiger partial charge on any atom is -0.150 e. The van der Waals surface area contributed by atoms with E-state index in [1.165, 1.54) is 5.56 Å². The lowest BCUT2D eigenvalue weighted by Crippen LogP contribution is -2.11. The lowest BCUT2D eigenvalue weighted by molar-refractivity contribution is 0.589. The molecule has 0 unspecified atom stereocenters. The van der Waals surface area contributed by atoms with E-state index >= 15 is 0 Å². The molecule has 3 rings (SSSR count). The summed E-state index contributed by atoms with van der Waals surface area (Å²) >= 11 is 3.45. The maximum Gasteiger partial charge on any atom is 0.114 e. The van der Waals surface area contributed by atoms with Crippen LogP contribution in [-0.4, -0.2) is 15.0 Å². The second-order valence-corrected chi connectivity index (χ2v) is 6.84. The predicted molar refractivity (Wildman–Crippen MR) is 85.3 cm³/mol. The first kappa shape index (κ1) is 13.3. The van der Waals surface area contributed by atoms with Crippen molar-refractivity contribution in [1.29, 1.82) is 0 Å². The van der Waals surface area contributed by atoms with Gasteiger partial charge < -0.3 is 0 Å². The number of benzene rings is 2. The van der Waals surface area contributed by atoms with Crippen LogP contribution in [0.3, 0.4) is 0 Å². The zero-order valence-electron chi connectivity index (χ0n) is 11.8. The summed E-state index contributed by atoms with van der Waals surface area (Å²) in [6.07, 6.45) is 0. The molecule has 0 bridgehead atoms. The zero-order valence-corrected chi connectivity index (χ0v) is 13.3. The van der Waals surface area contributed by atoms with E-state index < -0.39 is 0 Å². The largest absolute Gasteiger partial charge is 0.150 e. The van der Waals surface area contributed by atoms with E-state index in [9.17, 15) is 0 Å². The summed E-state index contributed by atoms with van der Waals surface area (Å²) in [6.45, 7) is 6.62. The monoisotopic (exact) mass is 329 g/mol. The third-order valence-corrected chi connectivity index (χ3v) is 3.80. The van der Waals surface area contributed by atoms with E-state index in [-0.39, 0.29) is 5.41 Å². The fourth-order valence-corrected chi connectivity index (χ4v) is 2.45. The number of hydrogen-bond donors (Lipinski definition) is 0. The van der Waals surface area contributed by atoms with Crippen LogP contribution in [0.4, 0.5) is 0 Å². The van der Waals surface area contributed by atoms with Crippen molar-refractivity contribution < 1.29 is 0 Å². The summed E-state index contributed by atoms with van der Waals surface area (Å²) in [5.41, 5.74) is 4.23. The summed E-state index contributed by atoms with van der Waals surface area (Å²) in [4.78, 5) is 1.68.